The molecule has 0 aliphatic rings. The Morgan fingerprint density at radius 2 is 2.06 bits per heavy atom. The molecule has 0 aliphatic carbocycles. The Kier molecular flexibility index (Phi) is 5.96. The van der Waals surface area contributed by atoms with E-state index in [0.29, 0.717) is 12.4 Å². The van der Waals surface area contributed by atoms with E-state index in [2.05, 4.69) is 15.9 Å². The van der Waals surface area contributed by atoms with E-state index in [0.717, 1.165) is 4.47 Å². The number of carboxylic acid groups (broad SMARTS) is 1. The van der Waals surface area contributed by atoms with Crippen LogP contribution in [-0.4, -0.2) is 42.6 Å². The van der Waals surface area contributed by atoms with E-state index < -0.39 is 5.97 Å². The third kappa shape index (κ3) is 4.72. The molecule has 0 spiro atoms. The van der Waals surface area contributed by atoms with Crippen molar-refractivity contribution in [3.63, 3.8) is 0 Å². The van der Waals surface area contributed by atoms with Crippen LogP contribution >= 0.6 is 15.9 Å². The van der Waals surface area contributed by atoms with Gasteiger partial charge < -0.3 is 19.7 Å². The highest BCUT2D eigenvalue weighted by atomic mass is 79.9. The second kappa shape index (κ2) is 7.26. The number of aliphatic hydroxyl groups excluding tert-OH is 1. The van der Waals surface area contributed by atoms with Crippen LogP contribution in [0.25, 0.3) is 0 Å². The SMILES string of the molecule is O=C(O)c1ccc(Br)cc1OCCOCCO. The Morgan fingerprint density at radius 1 is 1.29 bits per heavy atom. The van der Waals surface area contributed by atoms with E-state index in [-0.39, 0.29) is 25.4 Å². The molecule has 17 heavy (non-hydrogen) atoms. The number of benzene rings is 1. The zero-order valence-electron chi connectivity index (χ0n) is 9.06. The summed E-state index contributed by atoms with van der Waals surface area (Å²) in [7, 11) is 0. The highest BCUT2D eigenvalue weighted by Crippen LogP contribution is 2.23. The van der Waals surface area contributed by atoms with Gasteiger partial charge in [0.25, 0.3) is 0 Å². The lowest BCUT2D eigenvalue weighted by molar-refractivity contribution is 0.0656. The summed E-state index contributed by atoms with van der Waals surface area (Å²) in [4.78, 5) is 10.9. The minimum atomic E-state index is -1.04. The number of halogens is 1. The standard InChI is InChI=1S/C11H13BrO5/c12-8-1-2-9(11(14)15)10(7-8)17-6-5-16-4-3-13/h1-2,7,13H,3-6H2,(H,14,15). The lowest BCUT2D eigenvalue weighted by atomic mass is 10.2. The van der Waals surface area contributed by atoms with Crippen molar-refractivity contribution in [3.8, 4) is 5.75 Å². The molecule has 2 N–H and O–H groups in total. The lowest BCUT2D eigenvalue weighted by Gasteiger charge is -2.09. The quantitative estimate of drug-likeness (QED) is 0.747. The van der Waals surface area contributed by atoms with Gasteiger partial charge in [-0.3, -0.25) is 0 Å². The van der Waals surface area contributed by atoms with Gasteiger partial charge in [0.1, 0.15) is 17.9 Å². The summed E-state index contributed by atoms with van der Waals surface area (Å²) in [6, 6.07) is 4.70. The first-order chi connectivity index (χ1) is 8.15. The fraction of sp³-hybridized carbons (Fsp3) is 0.364. The van der Waals surface area contributed by atoms with Crippen LogP contribution in [0.15, 0.2) is 22.7 Å². The molecule has 0 atom stereocenters. The average Bonchev–Trinajstić information content (AvgIpc) is 2.28. The van der Waals surface area contributed by atoms with E-state index in [9.17, 15) is 4.79 Å². The maximum atomic E-state index is 10.9. The second-order valence-electron chi connectivity index (χ2n) is 3.13. The summed E-state index contributed by atoms with van der Waals surface area (Å²) < 4.78 is 11.1. The number of aliphatic hydroxyl groups is 1. The van der Waals surface area contributed by atoms with Crippen molar-refractivity contribution in [1.82, 2.24) is 0 Å². The molecule has 0 aliphatic heterocycles. The van der Waals surface area contributed by atoms with Gasteiger partial charge in [-0.1, -0.05) is 15.9 Å². The van der Waals surface area contributed by atoms with Crippen molar-refractivity contribution in [1.29, 1.82) is 0 Å². The predicted octanol–water partition coefficient (Wildman–Crippen LogP) is 1.53. The molecule has 0 heterocycles. The van der Waals surface area contributed by atoms with Gasteiger partial charge in [-0.05, 0) is 18.2 Å². The molecule has 1 rings (SSSR count). The van der Waals surface area contributed by atoms with E-state index in [4.69, 9.17) is 19.7 Å². The lowest BCUT2D eigenvalue weighted by Crippen LogP contribution is -2.11. The highest BCUT2D eigenvalue weighted by Gasteiger charge is 2.11. The van der Waals surface area contributed by atoms with Gasteiger partial charge in [-0.15, -0.1) is 0 Å². The molecular weight excluding hydrogens is 292 g/mol. The first-order valence-corrected chi connectivity index (χ1v) is 5.78. The van der Waals surface area contributed by atoms with Gasteiger partial charge in [0.2, 0.25) is 0 Å². The smallest absolute Gasteiger partial charge is 0.339 e. The van der Waals surface area contributed by atoms with Crippen molar-refractivity contribution in [3.05, 3.63) is 28.2 Å². The fourth-order valence-corrected chi connectivity index (χ4v) is 1.51. The minimum absolute atomic E-state index is 0.0444. The van der Waals surface area contributed by atoms with Crippen molar-refractivity contribution in [2.75, 3.05) is 26.4 Å². The first kappa shape index (κ1) is 14.0. The molecule has 0 unspecified atom stereocenters. The molecular formula is C11H13BrO5. The molecule has 0 fully saturated rings. The van der Waals surface area contributed by atoms with Crippen LogP contribution in [0.3, 0.4) is 0 Å². The molecule has 0 amide bonds. The second-order valence-corrected chi connectivity index (χ2v) is 4.05. The average molecular weight is 305 g/mol. The zero-order valence-corrected chi connectivity index (χ0v) is 10.6. The van der Waals surface area contributed by atoms with Crippen LogP contribution in [0.2, 0.25) is 0 Å². The van der Waals surface area contributed by atoms with E-state index in [1.54, 1.807) is 12.1 Å². The number of carbonyl (C=O) groups is 1. The Labute approximate surface area is 107 Å². The molecule has 1 aromatic rings. The molecule has 0 bridgehead atoms. The van der Waals surface area contributed by atoms with Crippen LogP contribution in [0.1, 0.15) is 10.4 Å². The van der Waals surface area contributed by atoms with Crippen LogP contribution in [0.5, 0.6) is 5.75 Å². The summed E-state index contributed by atoms with van der Waals surface area (Å²) >= 11 is 3.24. The first-order valence-electron chi connectivity index (χ1n) is 4.99. The molecule has 5 nitrogen and oxygen atoms in total. The van der Waals surface area contributed by atoms with Gasteiger partial charge in [0.05, 0.1) is 19.8 Å². The number of aromatic carboxylic acids is 1. The van der Waals surface area contributed by atoms with Crippen LogP contribution in [0, 0.1) is 0 Å². The summed E-state index contributed by atoms with van der Waals surface area (Å²) in [6.07, 6.45) is 0. The molecule has 0 saturated heterocycles. The Hall–Kier alpha value is -1.11. The van der Waals surface area contributed by atoms with Gasteiger partial charge in [-0.2, -0.15) is 0 Å². The molecule has 6 heteroatoms. The van der Waals surface area contributed by atoms with Crippen LogP contribution in [0.4, 0.5) is 0 Å². The number of carboxylic acids is 1. The van der Waals surface area contributed by atoms with Crippen molar-refractivity contribution in [2.24, 2.45) is 0 Å². The molecule has 1 aromatic carbocycles. The van der Waals surface area contributed by atoms with Crippen LogP contribution < -0.4 is 4.74 Å². The summed E-state index contributed by atoms with van der Waals surface area (Å²) in [5, 5.41) is 17.4. The topological polar surface area (TPSA) is 76.0 Å². The maximum Gasteiger partial charge on any atom is 0.339 e. The highest BCUT2D eigenvalue weighted by molar-refractivity contribution is 9.10. The number of hydrogen-bond acceptors (Lipinski definition) is 4. The van der Waals surface area contributed by atoms with Crippen molar-refractivity contribution >= 4 is 21.9 Å². The van der Waals surface area contributed by atoms with Gasteiger partial charge in [0, 0.05) is 4.47 Å². The molecule has 0 radical (unpaired) electrons. The summed E-state index contributed by atoms with van der Waals surface area (Å²) in [5.41, 5.74) is 0.107. The van der Waals surface area contributed by atoms with Gasteiger partial charge in [0.15, 0.2) is 0 Å². The normalized spacial score (nSPS) is 10.2. The molecule has 0 saturated carbocycles. The monoisotopic (exact) mass is 304 g/mol. The number of ether oxygens (including phenoxy) is 2. The number of hydrogen-bond donors (Lipinski definition) is 2. The molecule has 0 aromatic heterocycles. The van der Waals surface area contributed by atoms with Crippen LogP contribution in [-0.2, 0) is 4.74 Å². The van der Waals surface area contributed by atoms with E-state index in [1.807, 2.05) is 0 Å². The Bertz CT molecular complexity index is 380. The zero-order chi connectivity index (χ0) is 12.7. The van der Waals surface area contributed by atoms with E-state index in [1.165, 1.54) is 6.07 Å². The van der Waals surface area contributed by atoms with Gasteiger partial charge >= 0.3 is 5.97 Å². The largest absolute Gasteiger partial charge is 0.490 e. The minimum Gasteiger partial charge on any atom is -0.490 e. The maximum absolute atomic E-state index is 10.9. The van der Waals surface area contributed by atoms with Crippen molar-refractivity contribution < 1.29 is 24.5 Å². The summed E-state index contributed by atoms with van der Waals surface area (Å²) in [6.45, 7) is 0.730. The third-order valence-corrected chi connectivity index (χ3v) is 2.39. The fourth-order valence-electron chi connectivity index (χ4n) is 1.17. The van der Waals surface area contributed by atoms with E-state index >= 15 is 0 Å². The molecule has 94 valence electrons. The Balaban J connectivity index is 2.56. The summed E-state index contributed by atoms with van der Waals surface area (Å²) in [5.74, 6) is -0.747. The third-order valence-electron chi connectivity index (χ3n) is 1.89. The predicted molar refractivity (Wildman–Crippen MR) is 64.5 cm³/mol. The van der Waals surface area contributed by atoms with Gasteiger partial charge in [-0.25, -0.2) is 4.79 Å². The number of rotatable bonds is 7. The van der Waals surface area contributed by atoms with Crippen molar-refractivity contribution in [2.45, 2.75) is 0 Å². The Morgan fingerprint density at radius 3 is 2.71 bits per heavy atom.